The van der Waals surface area contributed by atoms with Crippen LogP contribution in [-0.2, 0) is 6.54 Å². The lowest BCUT2D eigenvalue weighted by Gasteiger charge is -2.20. The van der Waals surface area contributed by atoms with Crippen LogP contribution >= 0.6 is 0 Å². The maximum absolute atomic E-state index is 14.1. The number of rotatable bonds is 6. The van der Waals surface area contributed by atoms with Gasteiger partial charge in [0.1, 0.15) is 5.82 Å². The van der Waals surface area contributed by atoms with Gasteiger partial charge >= 0.3 is 0 Å². The largest absolute Gasteiger partial charge is 0.395 e. The summed E-state index contributed by atoms with van der Waals surface area (Å²) in [4.78, 5) is 4.52. The Labute approximate surface area is 144 Å². The Kier molecular flexibility index (Phi) is 6.08. The van der Waals surface area contributed by atoms with Crippen molar-refractivity contribution in [3.63, 3.8) is 0 Å². The number of pyridine rings is 1. The molecule has 0 aliphatic heterocycles. The van der Waals surface area contributed by atoms with Gasteiger partial charge in [-0.15, -0.1) is 0 Å². The molecule has 2 rings (SSSR count). The number of aromatic nitrogens is 1. The maximum atomic E-state index is 14.1. The highest BCUT2D eigenvalue weighted by Crippen LogP contribution is 2.25. The third-order valence-corrected chi connectivity index (χ3v) is 4.57. The molecule has 0 fully saturated rings. The van der Waals surface area contributed by atoms with Gasteiger partial charge in [-0.1, -0.05) is 19.9 Å². The minimum atomic E-state index is -0.326. The number of benzene rings is 1. The smallest absolute Gasteiger partial charge is 0.146 e. The summed E-state index contributed by atoms with van der Waals surface area (Å²) in [7, 11) is 0. The van der Waals surface area contributed by atoms with Crippen LogP contribution in [0.4, 0.5) is 4.39 Å². The van der Waals surface area contributed by atoms with Crippen molar-refractivity contribution in [1.82, 2.24) is 10.3 Å². The number of hydrogen-bond acceptors (Lipinski definition) is 3. The number of halogens is 1. The van der Waals surface area contributed by atoms with Crippen molar-refractivity contribution in [3.8, 4) is 11.3 Å². The van der Waals surface area contributed by atoms with Crippen LogP contribution < -0.4 is 5.32 Å². The van der Waals surface area contributed by atoms with E-state index in [2.05, 4.69) is 36.3 Å². The molecule has 0 radical (unpaired) electrons. The first-order valence-corrected chi connectivity index (χ1v) is 8.41. The van der Waals surface area contributed by atoms with E-state index in [1.807, 2.05) is 20.8 Å². The summed E-state index contributed by atoms with van der Waals surface area (Å²) >= 11 is 0. The summed E-state index contributed by atoms with van der Waals surface area (Å²) in [6.45, 7) is 10.6. The SMILES string of the molecule is Cc1cc(C)c(-c2ccc(F)c(CN[C@@H](CO)C(C)C)n2)cc1C. The average molecular weight is 330 g/mol. The van der Waals surface area contributed by atoms with Crippen LogP contribution in [0.3, 0.4) is 0 Å². The average Bonchev–Trinajstić information content (AvgIpc) is 2.53. The summed E-state index contributed by atoms with van der Waals surface area (Å²) in [5.41, 5.74) is 5.75. The van der Waals surface area contributed by atoms with Crippen LogP contribution in [0.15, 0.2) is 24.3 Å². The van der Waals surface area contributed by atoms with E-state index in [-0.39, 0.29) is 24.4 Å². The molecule has 0 spiro atoms. The molecule has 0 aliphatic rings. The van der Waals surface area contributed by atoms with E-state index < -0.39 is 0 Å². The van der Waals surface area contributed by atoms with E-state index in [0.717, 1.165) is 16.8 Å². The van der Waals surface area contributed by atoms with Crippen LogP contribution in [0.2, 0.25) is 0 Å². The Hall–Kier alpha value is -1.78. The Bertz CT molecular complexity index is 713. The Balaban J connectivity index is 2.30. The first kappa shape index (κ1) is 18.6. The van der Waals surface area contributed by atoms with Crippen molar-refractivity contribution < 1.29 is 9.50 Å². The molecular weight excluding hydrogens is 303 g/mol. The van der Waals surface area contributed by atoms with Crippen molar-refractivity contribution in [2.24, 2.45) is 5.92 Å². The number of aryl methyl sites for hydroxylation is 3. The minimum absolute atomic E-state index is 0.0231. The zero-order valence-corrected chi connectivity index (χ0v) is 15.2. The van der Waals surface area contributed by atoms with E-state index in [0.29, 0.717) is 12.2 Å². The van der Waals surface area contributed by atoms with Gasteiger partial charge in [-0.25, -0.2) is 9.37 Å². The van der Waals surface area contributed by atoms with Gasteiger partial charge in [0.15, 0.2) is 0 Å². The molecule has 0 saturated carbocycles. The van der Waals surface area contributed by atoms with E-state index in [1.165, 1.54) is 17.2 Å². The molecule has 1 atom stereocenters. The molecule has 1 heterocycles. The van der Waals surface area contributed by atoms with Crippen LogP contribution in [0, 0.1) is 32.5 Å². The molecule has 0 amide bonds. The molecule has 24 heavy (non-hydrogen) atoms. The lowest BCUT2D eigenvalue weighted by Crippen LogP contribution is -2.36. The lowest BCUT2D eigenvalue weighted by molar-refractivity contribution is 0.209. The molecule has 1 aromatic heterocycles. The second-order valence-electron chi connectivity index (χ2n) is 6.79. The summed E-state index contributed by atoms with van der Waals surface area (Å²) in [6.07, 6.45) is 0. The van der Waals surface area contributed by atoms with Gasteiger partial charge in [-0.3, -0.25) is 0 Å². The predicted octanol–water partition coefficient (Wildman–Crippen LogP) is 3.92. The van der Waals surface area contributed by atoms with Gasteiger partial charge < -0.3 is 10.4 Å². The van der Waals surface area contributed by atoms with Gasteiger partial charge in [0.25, 0.3) is 0 Å². The molecule has 1 aromatic carbocycles. The molecule has 3 nitrogen and oxygen atoms in total. The first-order chi connectivity index (χ1) is 11.3. The quantitative estimate of drug-likeness (QED) is 0.844. The van der Waals surface area contributed by atoms with Crippen molar-refractivity contribution >= 4 is 0 Å². The maximum Gasteiger partial charge on any atom is 0.146 e. The van der Waals surface area contributed by atoms with Crippen LogP contribution in [-0.4, -0.2) is 22.7 Å². The van der Waals surface area contributed by atoms with Crippen LogP contribution in [0.5, 0.6) is 0 Å². The van der Waals surface area contributed by atoms with Crippen LogP contribution in [0.25, 0.3) is 11.3 Å². The molecule has 130 valence electrons. The second kappa shape index (κ2) is 7.86. The third kappa shape index (κ3) is 4.19. The molecule has 0 saturated heterocycles. The van der Waals surface area contributed by atoms with Crippen LogP contribution in [0.1, 0.15) is 36.2 Å². The predicted molar refractivity (Wildman–Crippen MR) is 96.4 cm³/mol. The molecule has 0 unspecified atom stereocenters. The molecule has 0 bridgehead atoms. The van der Waals surface area contributed by atoms with Gasteiger partial charge in [0, 0.05) is 18.2 Å². The zero-order valence-electron chi connectivity index (χ0n) is 15.2. The second-order valence-corrected chi connectivity index (χ2v) is 6.79. The Morgan fingerprint density at radius 2 is 1.75 bits per heavy atom. The normalized spacial score (nSPS) is 12.7. The van der Waals surface area contributed by atoms with Crippen molar-refractivity contribution in [1.29, 1.82) is 0 Å². The van der Waals surface area contributed by atoms with Gasteiger partial charge in [-0.05, 0) is 61.6 Å². The standard InChI is InChI=1S/C20H27FN2O/c1-12(2)20(11-24)22-10-19-17(21)6-7-18(23-19)16-9-14(4)13(3)8-15(16)5/h6-9,12,20,22,24H,10-11H2,1-5H3/t20-/m0/s1. The fourth-order valence-corrected chi connectivity index (χ4v) is 2.73. The molecule has 2 N–H and O–H groups in total. The highest BCUT2D eigenvalue weighted by Gasteiger charge is 2.14. The monoisotopic (exact) mass is 330 g/mol. The Morgan fingerprint density at radius 1 is 1.08 bits per heavy atom. The number of nitrogens with zero attached hydrogens (tertiary/aromatic N) is 1. The zero-order chi connectivity index (χ0) is 17.9. The van der Waals surface area contributed by atoms with Crippen molar-refractivity contribution in [2.45, 2.75) is 47.2 Å². The number of nitrogens with one attached hydrogen (secondary N) is 1. The summed E-state index contributed by atoms with van der Waals surface area (Å²) in [5, 5.41) is 12.6. The van der Waals surface area contributed by atoms with Gasteiger partial charge in [-0.2, -0.15) is 0 Å². The lowest BCUT2D eigenvalue weighted by atomic mass is 9.98. The van der Waals surface area contributed by atoms with Gasteiger partial charge in [0.2, 0.25) is 0 Å². The number of aliphatic hydroxyl groups is 1. The Morgan fingerprint density at radius 3 is 2.38 bits per heavy atom. The summed E-state index contributed by atoms with van der Waals surface area (Å²) < 4.78 is 14.1. The van der Waals surface area contributed by atoms with E-state index in [4.69, 9.17) is 0 Å². The van der Waals surface area contributed by atoms with Crippen molar-refractivity contribution in [3.05, 3.63) is 52.5 Å². The summed E-state index contributed by atoms with van der Waals surface area (Å²) in [5.74, 6) is -0.0589. The molecule has 0 aliphatic carbocycles. The fourth-order valence-electron chi connectivity index (χ4n) is 2.73. The van der Waals surface area contributed by atoms with Crippen molar-refractivity contribution in [2.75, 3.05) is 6.61 Å². The molecular formula is C20H27FN2O. The van der Waals surface area contributed by atoms with E-state index in [9.17, 15) is 9.50 Å². The summed E-state index contributed by atoms with van der Waals surface area (Å²) in [6, 6.07) is 7.36. The minimum Gasteiger partial charge on any atom is -0.395 e. The number of hydrogen-bond donors (Lipinski definition) is 2. The number of aliphatic hydroxyl groups excluding tert-OH is 1. The third-order valence-electron chi connectivity index (χ3n) is 4.57. The highest BCUT2D eigenvalue weighted by molar-refractivity contribution is 5.65. The topological polar surface area (TPSA) is 45.1 Å². The van der Waals surface area contributed by atoms with E-state index in [1.54, 1.807) is 6.07 Å². The van der Waals surface area contributed by atoms with Gasteiger partial charge in [0.05, 0.1) is 18.0 Å². The first-order valence-electron chi connectivity index (χ1n) is 8.41. The van der Waals surface area contributed by atoms with E-state index >= 15 is 0 Å². The fraction of sp³-hybridized carbons (Fsp3) is 0.450. The highest BCUT2D eigenvalue weighted by atomic mass is 19.1. The molecule has 2 aromatic rings. The molecule has 4 heteroatoms.